The number of unbranched alkanes of at least 4 members (excludes halogenated alkanes) is 1. The minimum Gasteiger partial charge on any atom is -0.462 e. The number of esters is 1. The molecule has 0 atom stereocenters. The number of nitrogens with one attached hydrogen (secondary N) is 1. The third kappa shape index (κ3) is 3.22. The lowest BCUT2D eigenvalue weighted by Crippen LogP contribution is -2.42. The first-order valence-corrected chi connectivity index (χ1v) is 8.50. The van der Waals surface area contributed by atoms with E-state index in [1.165, 1.54) is 0 Å². The van der Waals surface area contributed by atoms with Crippen molar-refractivity contribution in [2.24, 2.45) is 5.10 Å². The molecular formula is C17H27N4O2+. The Hall–Kier alpha value is -1.95. The molecule has 1 N–H and O–H groups in total. The predicted molar refractivity (Wildman–Crippen MR) is 94.1 cm³/mol. The molecule has 1 aromatic rings. The van der Waals surface area contributed by atoms with Crippen LogP contribution in [0.25, 0.3) is 0 Å². The van der Waals surface area contributed by atoms with Gasteiger partial charge in [0.05, 0.1) is 12.3 Å². The van der Waals surface area contributed by atoms with Crippen LogP contribution < -0.4 is 9.91 Å². The Morgan fingerprint density at radius 3 is 2.61 bits per heavy atom. The summed E-state index contributed by atoms with van der Waals surface area (Å²) in [6.07, 6.45) is 5.59. The van der Waals surface area contributed by atoms with E-state index in [2.05, 4.69) is 36.2 Å². The van der Waals surface area contributed by atoms with Crippen LogP contribution in [0.4, 0.5) is 11.5 Å². The van der Waals surface area contributed by atoms with Crippen LogP contribution in [0.5, 0.6) is 0 Å². The van der Waals surface area contributed by atoms with Crippen LogP contribution in [0, 0.1) is 0 Å². The first-order valence-electron chi connectivity index (χ1n) is 8.50. The minimum atomic E-state index is -0.340. The molecule has 0 fully saturated rings. The van der Waals surface area contributed by atoms with Gasteiger partial charge in [-0.05, 0) is 27.2 Å². The van der Waals surface area contributed by atoms with Crippen molar-refractivity contribution < 1.29 is 9.53 Å². The number of hydrogen-bond acceptors (Lipinski definition) is 5. The number of carbonyl (C=O) groups is 1. The normalized spacial score (nSPS) is 14.6. The summed E-state index contributed by atoms with van der Waals surface area (Å²) < 4.78 is 5.64. The first kappa shape index (κ1) is 17.4. The first-order chi connectivity index (χ1) is 11.1. The van der Waals surface area contributed by atoms with E-state index in [9.17, 15) is 4.79 Å². The Morgan fingerprint density at radius 1 is 1.26 bits per heavy atom. The molecule has 0 aromatic carbocycles. The molecule has 126 valence electrons. The molecule has 6 heteroatoms. The van der Waals surface area contributed by atoms with Crippen molar-refractivity contribution in [3.63, 3.8) is 0 Å². The Morgan fingerprint density at radius 2 is 2.00 bits per heavy atom. The number of pyridine rings is 1. The van der Waals surface area contributed by atoms with Gasteiger partial charge in [0, 0.05) is 12.7 Å². The van der Waals surface area contributed by atoms with E-state index >= 15 is 0 Å². The van der Waals surface area contributed by atoms with Crippen molar-refractivity contribution in [1.29, 1.82) is 0 Å². The number of carbonyl (C=O) groups excluding carboxylic acids is 1. The number of quaternary nitrogens is 1. The van der Waals surface area contributed by atoms with Crippen LogP contribution in [0.3, 0.4) is 0 Å². The minimum absolute atomic E-state index is 0.340. The third-order valence-electron chi connectivity index (χ3n) is 4.27. The molecule has 1 aliphatic heterocycles. The number of hydrogen-bond donors (Lipinski definition) is 1. The molecule has 1 aromatic heterocycles. The van der Waals surface area contributed by atoms with E-state index in [1.54, 1.807) is 13.1 Å². The Kier molecular flexibility index (Phi) is 5.71. The van der Waals surface area contributed by atoms with Crippen molar-refractivity contribution in [3.05, 3.63) is 17.3 Å². The molecule has 1 aliphatic rings. The lowest BCUT2D eigenvalue weighted by Gasteiger charge is -2.25. The third-order valence-corrected chi connectivity index (χ3v) is 4.27. The molecule has 2 heterocycles. The van der Waals surface area contributed by atoms with Crippen LogP contribution >= 0.6 is 0 Å². The topological polar surface area (TPSA) is 63.6 Å². The number of anilines is 1. The zero-order valence-corrected chi connectivity index (χ0v) is 14.6. The fourth-order valence-corrected chi connectivity index (χ4v) is 2.82. The number of rotatable bonds is 8. The lowest BCUT2D eigenvalue weighted by atomic mass is 10.1. The molecule has 0 saturated carbocycles. The maximum absolute atomic E-state index is 12.2. The highest BCUT2D eigenvalue weighted by molar-refractivity contribution is 6.05. The molecule has 2 rings (SSSR count). The highest BCUT2D eigenvalue weighted by atomic mass is 16.5. The van der Waals surface area contributed by atoms with E-state index in [0.717, 1.165) is 49.5 Å². The van der Waals surface area contributed by atoms with E-state index < -0.39 is 0 Å². The van der Waals surface area contributed by atoms with E-state index in [-0.39, 0.29) is 5.97 Å². The summed E-state index contributed by atoms with van der Waals surface area (Å²) in [6.45, 7) is 11.0. The monoisotopic (exact) mass is 319 g/mol. The van der Waals surface area contributed by atoms with Crippen LogP contribution in [-0.4, -0.2) is 43.4 Å². The van der Waals surface area contributed by atoms with E-state index in [1.807, 2.05) is 6.21 Å². The fourth-order valence-electron chi connectivity index (χ4n) is 2.82. The molecule has 0 radical (unpaired) electrons. The maximum Gasteiger partial charge on any atom is 0.341 e. The van der Waals surface area contributed by atoms with Crippen LogP contribution in [0.2, 0.25) is 0 Å². The lowest BCUT2D eigenvalue weighted by molar-refractivity contribution is 0.0527. The van der Waals surface area contributed by atoms with Gasteiger partial charge in [-0.3, -0.25) is 0 Å². The van der Waals surface area contributed by atoms with Gasteiger partial charge in [-0.15, -0.1) is 0 Å². The molecule has 0 saturated heterocycles. The van der Waals surface area contributed by atoms with E-state index in [4.69, 9.17) is 4.74 Å². The second kappa shape index (κ2) is 7.55. The van der Waals surface area contributed by atoms with Crippen LogP contribution in [0.15, 0.2) is 11.3 Å². The largest absolute Gasteiger partial charge is 0.462 e. The van der Waals surface area contributed by atoms with Gasteiger partial charge in [0.1, 0.15) is 30.4 Å². The van der Waals surface area contributed by atoms with Crippen molar-refractivity contribution in [1.82, 2.24) is 9.58 Å². The average molecular weight is 319 g/mol. The van der Waals surface area contributed by atoms with Gasteiger partial charge in [0.25, 0.3) is 5.82 Å². The molecule has 23 heavy (non-hydrogen) atoms. The van der Waals surface area contributed by atoms with Gasteiger partial charge in [-0.2, -0.15) is 4.59 Å². The molecule has 0 spiro atoms. The maximum atomic E-state index is 12.2. The SMILES string of the molecule is CCCCNc1c(C(=O)OCC)cnc2c1C=N[N+]2(CC)CC. The van der Waals surface area contributed by atoms with Gasteiger partial charge < -0.3 is 10.1 Å². The summed E-state index contributed by atoms with van der Waals surface area (Å²) in [6, 6.07) is 0. The second-order valence-electron chi connectivity index (χ2n) is 5.58. The van der Waals surface area contributed by atoms with Crippen molar-refractivity contribution >= 4 is 23.7 Å². The van der Waals surface area contributed by atoms with Crippen molar-refractivity contribution in [2.75, 3.05) is 31.6 Å². The summed E-state index contributed by atoms with van der Waals surface area (Å²) in [5.74, 6) is 0.565. The highest BCUT2D eigenvalue weighted by Gasteiger charge is 2.38. The molecular weight excluding hydrogens is 292 g/mol. The smallest absolute Gasteiger partial charge is 0.341 e. The van der Waals surface area contributed by atoms with Crippen LogP contribution in [0.1, 0.15) is 56.5 Å². The molecule has 0 unspecified atom stereocenters. The second-order valence-corrected chi connectivity index (χ2v) is 5.58. The van der Waals surface area contributed by atoms with Gasteiger partial charge in [-0.25, -0.2) is 9.78 Å². The van der Waals surface area contributed by atoms with Crippen molar-refractivity contribution in [3.8, 4) is 0 Å². The Labute approximate surface area is 138 Å². The predicted octanol–water partition coefficient (Wildman–Crippen LogP) is 3.16. The Balaban J connectivity index is 2.47. The van der Waals surface area contributed by atoms with Gasteiger partial charge >= 0.3 is 5.97 Å². The van der Waals surface area contributed by atoms with Gasteiger partial charge in [0.2, 0.25) is 0 Å². The summed E-state index contributed by atoms with van der Waals surface area (Å²) in [5.41, 5.74) is 2.20. The number of fused-ring (bicyclic) bond motifs is 1. The summed E-state index contributed by atoms with van der Waals surface area (Å²) >= 11 is 0. The summed E-state index contributed by atoms with van der Waals surface area (Å²) in [7, 11) is 0. The average Bonchev–Trinajstić information content (AvgIpc) is 2.95. The van der Waals surface area contributed by atoms with Gasteiger partial charge in [-0.1, -0.05) is 18.4 Å². The standard InChI is InChI=1S/C17H26N4O2/c1-5-9-10-18-15-13-12-20-21(6-2,7-3)16(13)19-11-14(15)17(22)23-8-4/h11-12H,5-10H2,1-4H3/p+1. The zero-order chi connectivity index (χ0) is 16.9. The summed E-state index contributed by atoms with van der Waals surface area (Å²) in [5, 5.41) is 8.06. The van der Waals surface area contributed by atoms with Gasteiger partial charge in [0.15, 0.2) is 0 Å². The zero-order valence-electron chi connectivity index (χ0n) is 14.6. The fraction of sp³-hybridized carbons (Fsp3) is 0.588. The number of aromatic nitrogens is 1. The van der Waals surface area contributed by atoms with Crippen molar-refractivity contribution in [2.45, 2.75) is 40.5 Å². The molecule has 0 bridgehead atoms. The van der Waals surface area contributed by atoms with E-state index in [0.29, 0.717) is 16.8 Å². The molecule has 6 nitrogen and oxygen atoms in total. The highest BCUT2D eigenvalue weighted by Crippen LogP contribution is 2.36. The molecule has 0 amide bonds. The molecule has 0 aliphatic carbocycles. The number of nitrogens with zero attached hydrogens (tertiary/aromatic N) is 3. The quantitative estimate of drug-likeness (QED) is 0.454. The number of ether oxygens (including phenoxy) is 1. The summed E-state index contributed by atoms with van der Waals surface area (Å²) in [4.78, 5) is 16.8. The van der Waals surface area contributed by atoms with Crippen LogP contribution in [-0.2, 0) is 4.74 Å². The Bertz CT molecular complexity index is 595.